The van der Waals surface area contributed by atoms with E-state index in [9.17, 15) is 63.6 Å². The first-order chi connectivity index (χ1) is 41.7. The van der Waals surface area contributed by atoms with Crippen LogP contribution in [0.5, 0.6) is 11.5 Å². The van der Waals surface area contributed by atoms with Gasteiger partial charge in [-0.1, -0.05) is 62.1 Å². The molecule has 2 heterocycles. The molecule has 4 aromatic carbocycles. The second-order valence-corrected chi connectivity index (χ2v) is 22.8. The molecule has 11 N–H and O–H groups in total. The van der Waals surface area contributed by atoms with E-state index in [1.165, 1.54) is 74.0 Å². The van der Waals surface area contributed by atoms with E-state index in [2.05, 4.69) is 16.0 Å². The third kappa shape index (κ3) is 22.9. The number of carbonyl (C=O) groups is 7. The zero-order valence-electron chi connectivity index (χ0n) is 48.9. The molecule has 0 radical (unpaired) electrons. The molecule has 3 amide bonds. The highest BCUT2D eigenvalue weighted by Crippen LogP contribution is 2.44. The van der Waals surface area contributed by atoms with Gasteiger partial charge in [-0.25, -0.2) is 9.59 Å². The summed E-state index contributed by atoms with van der Waals surface area (Å²) in [6, 6.07) is 31.4. The summed E-state index contributed by atoms with van der Waals surface area (Å²) in [7, 11) is -0.749. The van der Waals surface area contributed by atoms with Gasteiger partial charge in [-0.2, -0.15) is 0 Å². The number of hydrogen-bond donors (Lipinski definition) is 10. The molecular formula is C65H74ClN4O17P. The fraction of sp³-hybridized carbons (Fsp3) is 0.308. The molecule has 0 atom stereocenters. The van der Waals surface area contributed by atoms with E-state index < -0.39 is 31.8 Å². The summed E-state index contributed by atoms with van der Waals surface area (Å²) in [5, 5.41) is 65.7. The van der Waals surface area contributed by atoms with Crippen molar-refractivity contribution >= 4 is 83.9 Å². The van der Waals surface area contributed by atoms with Crippen molar-refractivity contribution in [3.63, 3.8) is 0 Å². The molecule has 8 rings (SSSR count). The first-order valence-corrected chi connectivity index (χ1v) is 30.2. The predicted molar refractivity (Wildman–Crippen MR) is 341 cm³/mol. The number of aromatic hydroxyl groups is 2. The van der Waals surface area contributed by atoms with E-state index in [0.29, 0.717) is 105 Å². The maximum Gasteiger partial charge on any atom is 0.336 e. The van der Waals surface area contributed by atoms with E-state index in [-0.39, 0.29) is 76.5 Å². The lowest BCUT2D eigenvalue weighted by Gasteiger charge is -2.16. The van der Waals surface area contributed by atoms with Crippen molar-refractivity contribution in [2.24, 2.45) is 5.73 Å². The van der Waals surface area contributed by atoms with Crippen LogP contribution in [0.3, 0.4) is 0 Å². The number of carbonyl (C=O) groups excluding carboxylic acids is 3. The Morgan fingerprint density at radius 1 is 0.466 bits per heavy atom. The van der Waals surface area contributed by atoms with Gasteiger partial charge in [-0.05, 0) is 123 Å². The van der Waals surface area contributed by atoms with Crippen LogP contribution in [-0.2, 0) is 24.0 Å². The Bertz CT molecular complexity index is 3510. The SMILES string of the molecule is CC(=O)NCCCCCCN.CC(=O)NCCCCCCNC(=O)CCP(CCC(=O)O)CCC(=O)O.Cl.O=C(O)c1ccccc1-c1c2ccc(=O)cc-2oc2cc(O)ccc12.O=C(O)c1ccccc1-c1c2ccc(=O)cc-2oc2cc(O)ccc12. The molecule has 4 aliphatic rings. The lowest BCUT2D eigenvalue weighted by Crippen LogP contribution is -2.25. The Balaban J connectivity index is 0.000000259. The Labute approximate surface area is 514 Å². The maximum absolute atomic E-state index is 11.9. The van der Waals surface area contributed by atoms with Gasteiger partial charge in [0.2, 0.25) is 17.7 Å². The number of aliphatic carboxylic acids is 2. The Morgan fingerprint density at radius 3 is 1.24 bits per heavy atom. The molecule has 0 spiro atoms. The number of carboxylic acid groups (broad SMARTS) is 4. The molecule has 2 aliphatic carbocycles. The van der Waals surface area contributed by atoms with Crippen LogP contribution < -0.4 is 32.5 Å². The Hall–Kier alpha value is -9.17. The minimum Gasteiger partial charge on any atom is -0.508 e. The van der Waals surface area contributed by atoms with Crippen molar-refractivity contribution in [1.29, 1.82) is 0 Å². The molecule has 0 aromatic heterocycles. The Kier molecular flexibility index (Phi) is 29.8. The number of carboxylic acids is 4. The highest BCUT2D eigenvalue weighted by molar-refractivity contribution is 7.57. The summed E-state index contributed by atoms with van der Waals surface area (Å²) < 4.78 is 11.5. The van der Waals surface area contributed by atoms with Crippen molar-refractivity contribution in [2.75, 3.05) is 44.7 Å². The van der Waals surface area contributed by atoms with Gasteiger partial charge in [0.25, 0.3) is 0 Å². The number of nitrogens with one attached hydrogen (secondary N) is 3. The number of rotatable bonds is 26. The largest absolute Gasteiger partial charge is 0.508 e. The highest BCUT2D eigenvalue weighted by atomic mass is 35.5. The van der Waals surface area contributed by atoms with Crippen LogP contribution >= 0.6 is 20.3 Å². The van der Waals surface area contributed by atoms with Crippen molar-refractivity contribution in [3.8, 4) is 56.4 Å². The summed E-state index contributed by atoms with van der Waals surface area (Å²) in [5.74, 6) is -3.20. The number of phenols is 2. The molecule has 0 bridgehead atoms. The summed E-state index contributed by atoms with van der Waals surface area (Å²) in [4.78, 5) is 101. The smallest absolute Gasteiger partial charge is 0.336 e. The molecule has 2 aliphatic heterocycles. The van der Waals surface area contributed by atoms with E-state index in [1.807, 2.05) is 0 Å². The quantitative estimate of drug-likeness (QED) is 0.0137. The van der Waals surface area contributed by atoms with Crippen LogP contribution in [0.4, 0.5) is 0 Å². The van der Waals surface area contributed by atoms with Gasteiger partial charge in [0.15, 0.2) is 10.9 Å². The third-order valence-corrected chi connectivity index (χ3v) is 16.0. The van der Waals surface area contributed by atoms with Crippen LogP contribution in [0.2, 0.25) is 0 Å². The molecule has 0 saturated heterocycles. The van der Waals surface area contributed by atoms with E-state index in [0.717, 1.165) is 58.0 Å². The molecule has 0 saturated carbocycles. The van der Waals surface area contributed by atoms with Gasteiger partial charge in [-0.3, -0.25) is 33.6 Å². The van der Waals surface area contributed by atoms with Crippen molar-refractivity contribution in [3.05, 3.63) is 153 Å². The van der Waals surface area contributed by atoms with Crippen molar-refractivity contribution in [2.45, 2.75) is 84.5 Å². The summed E-state index contributed by atoms with van der Waals surface area (Å²) >= 11 is 0. The minimum atomic E-state index is -1.04. The van der Waals surface area contributed by atoms with E-state index >= 15 is 0 Å². The number of hydrogen-bond acceptors (Lipinski definition) is 14. The number of nitrogens with two attached hydrogens (primary N) is 1. The number of unbranched alkanes of at least 4 members (excludes halogenated alkanes) is 6. The average Bonchev–Trinajstić information content (AvgIpc) is 0.989. The lowest BCUT2D eigenvalue weighted by molar-refractivity contribution is -0.137. The number of aromatic carboxylic acids is 2. The molecule has 0 fully saturated rings. The molecular weight excluding hydrogens is 1180 g/mol. The molecule has 23 heteroatoms. The average molecular weight is 1250 g/mol. The fourth-order valence-corrected chi connectivity index (χ4v) is 11.5. The van der Waals surface area contributed by atoms with E-state index in [1.54, 1.807) is 67.6 Å². The van der Waals surface area contributed by atoms with Gasteiger partial charge in [-0.15, -0.1) is 20.3 Å². The number of halogens is 1. The van der Waals surface area contributed by atoms with Crippen LogP contribution in [0, 0.1) is 0 Å². The van der Waals surface area contributed by atoms with Crippen LogP contribution in [0.15, 0.2) is 140 Å². The number of fused-ring (bicyclic) bond motifs is 4. The van der Waals surface area contributed by atoms with Gasteiger partial charge in [0.1, 0.15) is 34.2 Å². The molecule has 88 heavy (non-hydrogen) atoms. The zero-order chi connectivity index (χ0) is 63.4. The van der Waals surface area contributed by atoms with Gasteiger partial charge < -0.3 is 61.2 Å². The second-order valence-electron chi connectivity index (χ2n) is 20.1. The van der Waals surface area contributed by atoms with Crippen molar-refractivity contribution < 1.29 is 73.0 Å². The van der Waals surface area contributed by atoms with Gasteiger partial charge in [0, 0.05) is 110 Å². The normalized spacial score (nSPS) is 10.6. The maximum atomic E-state index is 11.9. The van der Waals surface area contributed by atoms with Crippen molar-refractivity contribution in [1.82, 2.24) is 16.0 Å². The fourth-order valence-electron chi connectivity index (χ4n) is 9.25. The first-order valence-electron chi connectivity index (χ1n) is 28.3. The molecule has 0 unspecified atom stereocenters. The summed E-state index contributed by atoms with van der Waals surface area (Å²) in [6.45, 7) is 5.89. The predicted octanol–water partition coefficient (Wildman–Crippen LogP) is 10.6. The number of amides is 3. The summed E-state index contributed by atoms with van der Waals surface area (Å²) in [6.07, 6.45) is 10.1. The second kappa shape index (κ2) is 36.7. The van der Waals surface area contributed by atoms with Gasteiger partial charge in [0.05, 0.1) is 11.1 Å². The third-order valence-electron chi connectivity index (χ3n) is 13.5. The zero-order valence-corrected chi connectivity index (χ0v) is 50.6. The van der Waals surface area contributed by atoms with Crippen LogP contribution in [0.1, 0.15) is 105 Å². The van der Waals surface area contributed by atoms with Crippen LogP contribution in [-0.4, -0.2) is 117 Å². The Morgan fingerprint density at radius 2 is 0.852 bits per heavy atom. The first kappa shape index (κ1) is 71.3. The van der Waals surface area contributed by atoms with E-state index in [4.69, 9.17) is 24.8 Å². The standard InChI is InChI=1S/2C20H12O5.C17H31N2O6P.C8H18N2O.ClH/c2*21-11-5-7-15-17(9-11)25-18-10-12(22)6-8-16(18)19(15)13-3-1-2-4-14(13)20(23)24;1-14(20)18-9-4-2-3-5-10-19-15(21)6-11-26(12-7-16(22)23)13-8-17(24)25;1-8(11)10-7-5-3-2-4-6-9;/h2*1-10,21H,(H,23,24);2-13H2,1H3,(H,18,20)(H,19,21)(H,22,23)(H,24,25);2-7,9H2,1H3,(H,10,11);1H. The summed E-state index contributed by atoms with van der Waals surface area (Å²) in [5.41, 5.74) is 9.52. The monoisotopic (exact) mass is 1250 g/mol. The number of phenolic OH excluding ortho intramolecular Hbond substituents is 2. The number of benzene rings is 6. The molecule has 21 nitrogen and oxygen atoms in total. The van der Waals surface area contributed by atoms with Crippen LogP contribution in [0.25, 0.3) is 66.8 Å². The topological polar surface area (TPSA) is 363 Å². The minimum absolute atomic E-state index is 0. The van der Waals surface area contributed by atoms with Gasteiger partial charge >= 0.3 is 23.9 Å². The highest BCUT2D eigenvalue weighted by Gasteiger charge is 2.24. The molecule has 468 valence electrons. The lowest BCUT2D eigenvalue weighted by atomic mass is 9.91. The molecule has 4 aromatic rings.